The van der Waals surface area contributed by atoms with Crippen molar-refractivity contribution in [3.63, 3.8) is 0 Å². The van der Waals surface area contributed by atoms with Crippen LogP contribution in [0.3, 0.4) is 0 Å². The second-order valence-corrected chi connectivity index (χ2v) is 6.43. The highest BCUT2D eigenvalue weighted by molar-refractivity contribution is 7.91. The van der Waals surface area contributed by atoms with Gasteiger partial charge < -0.3 is 9.52 Å². The third-order valence-electron chi connectivity index (χ3n) is 2.78. The van der Waals surface area contributed by atoms with E-state index < -0.39 is 9.84 Å². The molecule has 0 bridgehead atoms. The molecule has 2 heterocycles. The van der Waals surface area contributed by atoms with Gasteiger partial charge in [0, 0.05) is 6.42 Å². The highest BCUT2D eigenvalue weighted by Gasteiger charge is 2.26. The Kier molecular flexibility index (Phi) is 3.30. The van der Waals surface area contributed by atoms with Crippen LogP contribution in [0.15, 0.2) is 10.6 Å². The number of hydrogen-bond acceptors (Lipinski definition) is 5. The predicted octanol–water partition coefficient (Wildman–Crippen LogP) is 0.534. The summed E-state index contributed by atoms with van der Waals surface area (Å²) in [6, 6.07) is 0. The minimum Gasteiger partial charge on any atom is -0.443 e. The predicted molar refractivity (Wildman–Crippen MR) is 57.5 cm³/mol. The maximum Gasteiger partial charge on any atom is 0.194 e. The second kappa shape index (κ2) is 4.55. The van der Waals surface area contributed by atoms with Crippen molar-refractivity contribution in [3.05, 3.63) is 17.8 Å². The first kappa shape index (κ1) is 11.6. The first-order chi connectivity index (χ1) is 7.59. The molecule has 0 aromatic carbocycles. The van der Waals surface area contributed by atoms with Gasteiger partial charge in [-0.3, -0.25) is 0 Å². The first-order valence-corrected chi connectivity index (χ1v) is 7.16. The van der Waals surface area contributed by atoms with E-state index in [1.165, 1.54) is 6.20 Å². The summed E-state index contributed by atoms with van der Waals surface area (Å²) in [5.74, 6) is 1.57. The van der Waals surface area contributed by atoms with Crippen molar-refractivity contribution < 1.29 is 17.9 Å². The maximum atomic E-state index is 11.4. The summed E-state index contributed by atoms with van der Waals surface area (Å²) in [5.41, 5.74) is 0. The second-order valence-electron chi connectivity index (χ2n) is 4.21. The lowest BCUT2D eigenvalue weighted by atomic mass is 10.0. The van der Waals surface area contributed by atoms with Crippen LogP contribution >= 0.6 is 0 Å². The van der Waals surface area contributed by atoms with Crippen LogP contribution in [0.5, 0.6) is 0 Å². The average Bonchev–Trinajstić information content (AvgIpc) is 2.64. The largest absolute Gasteiger partial charge is 0.443 e. The fourth-order valence-corrected chi connectivity index (χ4v) is 3.82. The molecule has 1 N–H and O–H groups in total. The number of rotatable bonds is 3. The average molecular weight is 245 g/mol. The van der Waals surface area contributed by atoms with Crippen molar-refractivity contribution in [1.29, 1.82) is 0 Å². The van der Waals surface area contributed by atoms with Crippen molar-refractivity contribution in [3.8, 4) is 0 Å². The summed E-state index contributed by atoms with van der Waals surface area (Å²) in [4.78, 5) is 4.01. The van der Waals surface area contributed by atoms with Gasteiger partial charge in [0.25, 0.3) is 0 Å². The molecular weight excluding hydrogens is 230 g/mol. The van der Waals surface area contributed by atoms with Gasteiger partial charge >= 0.3 is 0 Å². The molecular formula is C10H15NO4S. The van der Waals surface area contributed by atoms with Crippen LogP contribution in [0.2, 0.25) is 0 Å². The minimum absolute atomic E-state index is 0.101. The van der Waals surface area contributed by atoms with Crippen LogP contribution in [0, 0.1) is 5.92 Å². The molecule has 6 heteroatoms. The molecule has 16 heavy (non-hydrogen) atoms. The molecule has 5 nitrogen and oxygen atoms in total. The molecule has 0 saturated carbocycles. The highest BCUT2D eigenvalue weighted by atomic mass is 32.2. The lowest BCUT2D eigenvalue weighted by molar-refractivity contribution is 0.241. The van der Waals surface area contributed by atoms with E-state index in [1.807, 2.05) is 0 Å². The molecule has 1 aliphatic heterocycles. The van der Waals surface area contributed by atoms with Gasteiger partial charge in [-0.25, -0.2) is 13.4 Å². The van der Waals surface area contributed by atoms with Gasteiger partial charge in [-0.2, -0.15) is 0 Å². The number of aliphatic hydroxyl groups excluding tert-OH is 1. The Balaban J connectivity index is 1.99. The van der Waals surface area contributed by atoms with E-state index in [0.717, 1.165) is 12.8 Å². The molecule has 0 amide bonds. The zero-order valence-electron chi connectivity index (χ0n) is 8.92. The molecule has 1 aromatic heterocycles. The summed E-state index contributed by atoms with van der Waals surface area (Å²) in [5, 5.41) is 8.81. The van der Waals surface area contributed by atoms with E-state index in [2.05, 4.69) is 4.98 Å². The standard InChI is InChI=1S/C10H15NO4S/c12-6-9-5-11-10(15-9)4-8-2-1-3-16(13,14)7-8/h5,8,12H,1-4,6-7H2. The minimum atomic E-state index is -2.87. The van der Waals surface area contributed by atoms with E-state index in [4.69, 9.17) is 9.52 Å². The number of nitrogens with zero attached hydrogens (tertiary/aromatic N) is 1. The smallest absolute Gasteiger partial charge is 0.194 e. The zero-order valence-corrected chi connectivity index (χ0v) is 9.74. The molecule has 1 fully saturated rings. The van der Waals surface area contributed by atoms with E-state index >= 15 is 0 Å². The Bertz CT molecular complexity index is 451. The first-order valence-electron chi connectivity index (χ1n) is 5.34. The van der Waals surface area contributed by atoms with Crippen molar-refractivity contribution in [2.24, 2.45) is 5.92 Å². The summed E-state index contributed by atoms with van der Waals surface area (Å²) < 4.78 is 28.1. The monoisotopic (exact) mass is 245 g/mol. The van der Waals surface area contributed by atoms with Crippen LogP contribution < -0.4 is 0 Å². The van der Waals surface area contributed by atoms with Crippen LogP contribution in [-0.4, -0.2) is 30.0 Å². The fourth-order valence-electron chi connectivity index (χ4n) is 2.04. The van der Waals surface area contributed by atoms with Gasteiger partial charge in [0.05, 0.1) is 17.7 Å². The Labute approximate surface area is 94.4 Å². The van der Waals surface area contributed by atoms with Crippen LogP contribution in [0.4, 0.5) is 0 Å². The highest BCUT2D eigenvalue weighted by Crippen LogP contribution is 2.22. The van der Waals surface area contributed by atoms with Gasteiger partial charge in [-0.05, 0) is 18.8 Å². The van der Waals surface area contributed by atoms with Gasteiger partial charge in [0.2, 0.25) is 0 Å². The summed E-state index contributed by atoms with van der Waals surface area (Å²) >= 11 is 0. The lowest BCUT2D eigenvalue weighted by Crippen LogP contribution is -2.26. The Morgan fingerprint density at radius 3 is 3.00 bits per heavy atom. The third kappa shape index (κ3) is 2.82. The summed E-state index contributed by atoms with van der Waals surface area (Å²) in [7, 11) is -2.87. The molecule has 0 spiro atoms. The van der Waals surface area contributed by atoms with Crippen molar-refractivity contribution in [2.45, 2.75) is 25.9 Å². The Morgan fingerprint density at radius 1 is 1.56 bits per heavy atom. The van der Waals surface area contributed by atoms with Gasteiger partial charge in [0.15, 0.2) is 15.7 Å². The Hall–Kier alpha value is -0.880. The molecule has 0 radical (unpaired) electrons. The number of hydrogen-bond donors (Lipinski definition) is 1. The van der Waals surface area contributed by atoms with Crippen molar-refractivity contribution >= 4 is 9.84 Å². The summed E-state index contributed by atoms with van der Waals surface area (Å²) in [6.07, 6.45) is 3.64. The summed E-state index contributed by atoms with van der Waals surface area (Å²) in [6.45, 7) is -0.171. The Morgan fingerprint density at radius 2 is 2.38 bits per heavy atom. The molecule has 2 rings (SSSR count). The number of aliphatic hydroxyl groups is 1. The van der Waals surface area contributed by atoms with E-state index in [0.29, 0.717) is 23.8 Å². The molecule has 1 unspecified atom stereocenters. The zero-order chi connectivity index (χ0) is 11.6. The molecule has 1 aromatic rings. The number of sulfone groups is 1. The van der Waals surface area contributed by atoms with E-state index in [9.17, 15) is 8.42 Å². The molecule has 90 valence electrons. The number of aromatic nitrogens is 1. The van der Waals surface area contributed by atoms with Crippen molar-refractivity contribution in [1.82, 2.24) is 4.98 Å². The van der Waals surface area contributed by atoms with Crippen LogP contribution in [0.25, 0.3) is 0 Å². The molecule has 1 atom stereocenters. The quantitative estimate of drug-likeness (QED) is 0.840. The van der Waals surface area contributed by atoms with E-state index in [1.54, 1.807) is 0 Å². The fraction of sp³-hybridized carbons (Fsp3) is 0.700. The van der Waals surface area contributed by atoms with Gasteiger partial charge in [0.1, 0.15) is 12.4 Å². The normalized spacial score (nSPS) is 24.4. The third-order valence-corrected chi connectivity index (χ3v) is 4.67. The van der Waals surface area contributed by atoms with E-state index in [-0.39, 0.29) is 18.3 Å². The number of oxazole rings is 1. The SMILES string of the molecule is O=S1(=O)CCCC(Cc2ncc(CO)o2)C1. The van der Waals surface area contributed by atoms with Gasteiger partial charge in [-0.15, -0.1) is 0 Å². The molecule has 1 saturated heterocycles. The topological polar surface area (TPSA) is 80.4 Å². The van der Waals surface area contributed by atoms with Crippen LogP contribution in [0.1, 0.15) is 24.5 Å². The molecule has 1 aliphatic rings. The maximum absolute atomic E-state index is 11.4. The molecule has 0 aliphatic carbocycles. The van der Waals surface area contributed by atoms with Crippen LogP contribution in [-0.2, 0) is 22.9 Å². The lowest BCUT2D eigenvalue weighted by Gasteiger charge is -2.20. The van der Waals surface area contributed by atoms with Crippen molar-refractivity contribution in [2.75, 3.05) is 11.5 Å². The van der Waals surface area contributed by atoms with Gasteiger partial charge in [-0.1, -0.05) is 0 Å².